The SMILES string of the molecule is CC1(C)OB(O)c2ccc(NC(=O)CNC(=O)C(N)CCC(=O)N(CCN)CCN)cc21.Cc1ccc(C(F)(F)F)cc1. The van der Waals surface area contributed by atoms with Gasteiger partial charge in [-0.25, -0.2) is 0 Å². The van der Waals surface area contributed by atoms with Crippen molar-refractivity contribution in [1.82, 2.24) is 10.2 Å². The molecule has 2 aromatic carbocycles. The third kappa shape index (κ3) is 10.9. The van der Waals surface area contributed by atoms with Gasteiger partial charge < -0.3 is 42.4 Å². The lowest BCUT2D eigenvalue weighted by Crippen LogP contribution is -2.45. The summed E-state index contributed by atoms with van der Waals surface area (Å²) < 4.78 is 41.3. The van der Waals surface area contributed by atoms with Gasteiger partial charge in [0.1, 0.15) is 0 Å². The monoisotopic (exact) mass is 608 g/mol. The number of nitrogens with zero attached hydrogens (tertiary/aromatic N) is 1. The molecule has 43 heavy (non-hydrogen) atoms. The molecule has 3 rings (SSSR count). The van der Waals surface area contributed by atoms with Crippen molar-refractivity contribution in [2.24, 2.45) is 17.2 Å². The van der Waals surface area contributed by atoms with E-state index < -0.39 is 42.3 Å². The Kier molecular flexibility index (Phi) is 13.1. The zero-order chi connectivity index (χ0) is 32.4. The van der Waals surface area contributed by atoms with Crippen LogP contribution in [0.2, 0.25) is 0 Å². The number of carbonyl (C=O) groups is 3. The number of alkyl halides is 3. The molecule has 0 fully saturated rings. The molecule has 9 N–H and O–H groups in total. The summed E-state index contributed by atoms with van der Waals surface area (Å²) in [5, 5.41) is 15.1. The number of benzene rings is 2. The second kappa shape index (κ2) is 15.8. The molecular weight excluding hydrogens is 568 g/mol. The van der Waals surface area contributed by atoms with E-state index in [9.17, 15) is 32.6 Å². The number of nitrogens with two attached hydrogens (primary N) is 3. The van der Waals surface area contributed by atoms with Gasteiger partial charge in [0.25, 0.3) is 0 Å². The van der Waals surface area contributed by atoms with E-state index in [1.54, 1.807) is 30.0 Å². The maximum Gasteiger partial charge on any atom is 0.492 e. The van der Waals surface area contributed by atoms with Crippen LogP contribution in [0.1, 0.15) is 43.4 Å². The van der Waals surface area contributed by atoms with Crippen LogP contribution in [0.4, 0.5) is 18.9 Å². The van der Waals surface area contributed by atoms with E-state index in [4.69, 9.17) is 21.9 Å². The normalized spacial score (nSPS) is 14.2. The highest BCUT2D eigenvalue weighted by atomic mass is 19.4. The molecule has 1 aliphatic rings. The molecule has 0 bridgehead atoms. The highest BCUT2D eigenvalue weighted by Crippen LogP contribution is 2.31. The fraction of sp³-hybridized carbons (Fsp3) is 0.464. The number of amides is 3. The molecule has 1 unspecified atom stereocenters. The number of rotatable bonds is 11. The molecule has 236 valence electrons. The first-order valence-corrected chi connectivity index (χ1v) is 13.7. The molecule has 1 heterocycles. The number of halogens is 3. The molecule has 3 amide bonds. The lowest BCUT2D eigenvalue weighted by Gasteiger charge is -2.22. The number of hydrogen-bond donors (Lipinski definition) is 6. The van der Waals surface area contributed by atoms with Crippen LogP contribution in [0.25, 0.3) is 0 Å². The van der Waals surface area contributed by atoms with E-state index in [-0.39, 0.29) is 25.3 Å². The molecule has 0 spiro atoms. The molecule has 15 heteroatoms. The second-order valence-electron chi connectivity index (χ2n) is 10.5. The van der Waals surface area contributed by atoms with E-state index in [2.05, 4.69) is 10.6 Å². The second-order valence-corrected chi connectivity index (χ2v) is 10.5. The van der Waals surface area contributed by atoms with Crippen LogP contribution < -0.4 is 33.3 Å². The van der Waals surface area contributed by atoms with Gasteiger partial charge in [-0.3, -0.25) is 14.4 Å². The lowest BCUT2D eigenvalue weighted by molar-refractivity contribution is -0.137. The van der Waals surface area contributed by atoms with Crippen molar-refractivity contribution in [3.8, 4) is 0 Å². The van der Waals surface area contributed by atoms with Crippen molar-refractivity contribution >= 4 is 36.0 Å². The summed E-state index contributed by atoms with van der Waals surface area (Å²) >= 11 is 0. The van der Waals surface area contributed by atoms with Crippen molar-refractivity contribution in [3.63, 3.8) is 0 Å². The smallest absolute Gasteiger partial charge is 0.423 e. The predicted octanol–water partition coefficient (Wildman–Crippen LogP) is 0.561. The molecule has 0 saturated carbocycles. The highest BCUT2D eigenvalue weighted by molar-refractivity contribution is 6.62. The molecule has 0 aromatic heterocycles. The summed E-state index contributed by atoms with van der Waals surface area (Å²) in [7, 11) is -1.00. The summed E-state index contributed by atoms with van der Waals surface area (Å²) in [5.74, 6) is -1.13. The standard InChI is InChI=1S/C20H33BN6O5.C8H7F3/c1-20(2)14-11-13(3-4-15(14)21(31)32-20)26-17(28)12-25-19(30)16(24)5-6-18(29)27(9-7-22)10-8-23;1-6-2-4-7(5-3-6)8(9,10)11/h3-4,11,16,31H,5-10,12,22-24H2,1-2H3,(H,25,30)(H,26,28);2-5H,1H3. The van der Waals surface area contributed by atoms with Crippen LogP contribution in [0.3, 0.4) is 0 Å². The van der Waals surface area contributed by atoms with Crippen LogP contribution in [-0.2, 0) is 30.8 Å². The van der Waals surface area contributed by atoms with Crippen molar-refractivity contribution in [2.45, 2.75) is 51.4 Å². The molecular formula is C28H40BF3N6O5. The third-order valence-corrected chi connectivity index (χ3v) is 6.62. The Morgan fingerprint density at radius 1 is 1.07 bits per heavy atom. The van der Waals surface area contributed by atoms with Crippen LogP contribution in [0.15, 0.2) is 42.5 Å². The number of fused-ring (bicyclic) bond motifs is 1. The molecule has 0 radical (unpaired) electrons. The van der Waals surface area contributed by atoms with E-state index in [0.717, 1.165) is 23.3 Å². The molecule has 0 saturated heterocycles. The van der Waals surface area contributed by atoms with Gasteiger partial charge in [-0.1, -0.05) is 23.8 Å². The van der Waals surface area contributed by atoms with Crippen molar-refractivity contribution in [3.05, 3.63) is 59.2 Å². The van der Waals surface area contributed by atoms with E-state index >= 15 is 0 Å². The van der Waals surface area contributed by atoms with E-state index in [1.807, 2.05) is 13.8 Å². The largest absolute Gasteiger partial charge is 0.492 e. The maximum atomic E-state index is 12.2. The average molecular weight is 608 g/mol. The topological polar surface area (TPSA) is 186 Å². The number of nitrogens with one attached hydrogen (secondary N) is 2. The number of anilines is 1. The average Bonchev–Trinajstić information content (AvgIpc) is 3.17. The van der Waals surface area contributed by atoms with Crippen LogP contribution in [0.5, 0.6) is 0 Å². The third-order valence-electron chi connectivity index (χ3n) is 6.62. The Morgan fingerprint density at radius 3 is 2.23 bits per heavy atom. The molecule has 0 aliphatic carbocycles. The highest BCUT2D eigenvalue weighted by Gasteiger charge is 2.40. The summed E-state index contributed by atoms with van der Waals surface area (Å²) in [4.78, 5) is 38.2. The summed E-state index contributed by atoms with van der Waals surface area (Å²) in [6.45, 7) is 6.56. The molecule has 2 aromatic rings. The van der Waals surface area contributed by atoms with E-state index in [1.165, 1.54) is 12.1 Å². The Morgan fingerprint density at radius 2 is 1.67 bits per heavy atom. The number of carbonyl (C=O) groups excluding carboxylic acids is 3. The summed E-state index contributed by atoms with van der Waals surface area (Å²) in [6.07, 6.45) is -3.99. The zero-order valence-electron chi connectivity index (χ0n) is 24.5. The van der Waals surface area contributed by atoms with Crippen molar-refractivity contribution in [2.75, 3.05) is 38.0 Å². The van der Waals surface area contributed by atoms with Gasteiger partial charge >= 0.3 is 13.3 Å². The van der Waals surface area contributed by atoms with Gasteiger partial charge in [-0.2, -0.15) is 13.2 Å². The van der Waals surface area contributed by atoms with Gasteiger partial charge in [-0.05, 0) is 62.5 Å². The molecule has 11 nitrogen and oxygen atoms in total. The van der Waals surface area contributed by atoms with Gasteiger partial charge in [0, 0.05) is 38.3 Å². The van der Waals surface area contributed by atoms with Crippen molar-refractivity contribution in [1.29, 1.82) is 0 Å². The van der Waals surface area contributed by atoms with Gasteiger partial charge in [0.2, 0.25) is 17.7 Å². The first kappa shape index (κ1) is 35.7. The maximum absolute atomic E-state index is 12.2. The Labute approximate surface area is 249 Å². The summed E-state index contributed by atoms with van der Waals surface area (Å²) in [6, 6.07) is 9.20. The Hall–Kier alpha value is -3.50. The minimum atomic E-state index is -4.21. The Balaban J connectivity index is 0.000000490. The summed E-state index contributed by atoms with van der Waals surface area (Å²) in [5.41, 5.74) is 18.3. The fourth-order valence-electron chi connectivity index (χ4n) is 4.26. The van der Waals surface area contributed by atoms with Crippen molar-refractivity contribution < 1.29 is 37.2 Å². The zero-order valence-corrected chi connectivity index (χ0v) is 24.5. The van der Waals surface area contributed by atoms with Gasteiger partial charge in [0.05, 0.1) is 23.8 Å². The quantitative estimate of drug-likeness (QED) is 0.200. The van der Waals surface area contributed by atoms with Crippen LogP contribution >= 0.6 is 0 Å². The number of hydrogen-bond acceptors (Lipinski definition) is 8. The Bertz CT molecular complexity index is 1240. The fourth-order valence-corrected chi connectivity index (χ4v) is 4.26. The molecule has 1 atom stereocenters. The molecule has 1 aliphatic heterocycles. The minimum Gasteiger partial charge on any atom is -0.423 e. The van der Waals surface area contributed by atoms with Gasteiger partial charge in [-0.15, -0.1) is 0 Å². The lowest BCUT2D eigenvalue weighted by atomic mass is 9.78. The van der Waals surface area contributed by atoms with Gasteiger partial charge in [0.15, 0.2) is 0 Å². The van der Waals surface area contributed by atoms with E-state index in [0.29, 0.717) is 37.3 Å². The number of aryl methyl sites for hydroxylation is 1. The predicted molar refractivity (Wildman–Crippen MR) is 158 cm³/mol. The van der Waals surface area contributed by atoms with Crippen LogP contribution in [-0.4, -0.2) is 73.5 Å². The van der Waals surface area contributed by atoms with Crippen LogP contribution in [0, 0.1) is 6.92 Å². The minimum absolute atomic E-state index is 0.0830. The first-order valence-electron chi connectivity index (χ1n) is 13.7. The first-order chi connectivity index (χ1) is 20.1.